The molecule has 0 N–H and O–H groups in total. The smallest absolute Gasteiger partial charge is 0.113 e. The van der Waals surface area contributed by atoms with Crippen LogP contribution in [0.15, 0.2) is 23.0 Å². The molecule has 0 bridgehead atoms. The van der Waals surface area contributed by atoms with E-state index in [0.717, 1.165) is 18.8 Å². The monoisotopic (exact) mass is 275 g/mol. The SMILES string of the molecule is Cc1cn(C)c([C@H]2CCCN(Cc3ccsc3)C2)n1. The van der Waals surface area contributed by atoms with Crippen molar-refractivity contribution in [3.8, 4) is 0 Å². The van der Waals surface area contributed by atoms with Crippen LogP contribution in [0.4, 0.5) is 0 Å². The molecule has 0 spiro atoms. The first-order chi connectivity index (χ1) is 9.22. The lowest BCUT2D eigenvalue weighted by Crippen LogP contribution is -2.34. The normalized spacial score (nSPS) is 20.8. The van der Waals surface area contributed by atoms with Gasteiger partial charge in [-0.15, -0.1) is 0 Å². The molecule has 0 aliphatic carbocycles. The van der Waals surface area contributed by atoms with Crippen LogP contribution in [0.25, 0.3) is 0 Å². The Hall–Kier alpha value is -1.13. The highest BCUT2D eigenvalue weighted by atomic mass is 32.1. The summed E-state index contributed by atoms with van der Waals surface area (Å²) in [5.74, 6) is 1.85. The van der Waals surface area contributed by atoms with Gasteiger partial charge in [0, 0.05) is 32.3 Å². The highest BCUT2D eigenvalue weighted by Gasteiger charge is 2.24. The van der Waals surface area contributed by atoms with Crippen LogP contribution in [0.3, 0.4) is 0 Å². The number of imidazole rings is 1. The molecule has 0 unspecified atom stereocenters. The van der Waals surface area contributed by atoms with E-state index in [4.69, 9.17) is 4.98 Å². The summed E-state index contributed by atoms with van der Waals surface area (Å²) < 4.78 is 2.20. The standard InChI is InChI=1S/C15H21N3S/c1-12-8-17(2)15(16-12)14-4-3-6-18(10-14)9-13-5-7-19-11-13/h5,7-8,11,14H,3-4,6,9-10H2,1-2H3/t14-/m0/s1. The average Bonchev–Trinajstić information content (AvgIpc) is 2.99. The second kappa shape index (κ2) is 5.47. The van der Waals surface area contributed by atoms with Gasteiger partial charge in [0.25, 0.3) is 0 Å². The number of aromatic nitrogens is 2. The minimum absolute atomic E-state index is 0.589. The fourth-order valence-electron chi connectivity index (χ4n) is 3.06. The summed E-state index contributed by atoms with van der Waals surface area (Å²) in [6, 6.07) is 2.24. The molecule has 3 nitrogen and oxygen atoms in total. The molecule has 2 aromatic rings. The molecule has 1 aliphatic heterocycles. The molecule has 1 fully saturated rings. The fraction of sp³-hybridized carbons (Fsp3) is 0.533. The van der Waals surface area contributed by atoms with E-state index in [2.05, 4.69) is 46.5 Å². The van der Waals surface area contributed by atoms with Crippen LogP contribution in [0.5, 0.6) is 0 Å². The number of hydrogen-bond donors (Lipinski definition) is 0. The van der Waals surface area contributed by atoms with Gasteiger partial charge in [-0.1, -0.05) is 0 Å². The Balaban J connectivity index is 1.69. The number of piperidine rings is 1. The van der Waals surface area contributed by atoms with E-state index < -0.39 is 0 Å². The Labute approximate surface area is 118 Å². The van der Waals surface area contributed by atoms with Gasteiger partial charge in [-0.3, -0.25) is 4.90 Å². The van der Waals surface area contributed by atoms with Crippen molar-refractivity contribution >= 4 is 11.3 Å². The van der Waals surface area contributed by atoms with Gasteiger partial charge in [-0.05, 0) is 48.7 Å². The molecule has 1 saturated heterocycles. The van der Waals surface area contributed by atoms with E-state index >= 15 is 0 Å². The third-order valence-corrected chi connectivity index (χ3v) is 4.62. The quantitative estimate of drug-likeness (QED) is 0.858. The maximum absolute atomic E-state index is 4.70. The summed E-state index contributed by atoms with van der Waals surface area (Å²) in [6.07, 6.45) is 4.68. The number of hydrogen-bond acceptors (Lipinski definition) is 3. The van der Waals surface area contributed by atoms with Crippen LogP contribution in [-0.2, 0) is 13.6 Å². The Morgan fingerprint density at radius 2 is 2.37 bits per heavy atom. The average molecular weight is 275 g/mol. The lowest BCUT2D eigenvalue weighted by Gasteiger charge is -2.32. The first kappa shape index (κ1) is 12.9. The van der Waals surface area contributed by atoms with Crippen molar-refractivity contribution in [2.24, 2.45) is 7.05 Å². The number of thiophene rings is 1. The second-order valence-electron chi connectivity index (χ2n) is 5.56. The summed E-state index contributed by atoms with van der Waals surface area (Å²) in [6.45, 7) is 5.52. The number of likely N-dealkylation sites (tertiary alicyclic amines) is 1. The maximum Gasteiger partial charge on any atom is 0.113 e. The molecular formula is C15H21N3S. The highest BCUT2D eigenvalue weighted by molar-refractivity contribution is 7.07. The third-order valence-electron chi connectivity index (χ3n) is 3.89. The largest absolute Gasteiger partial charge is 0.337 e. The highest BCUT2D eigenvalue weighted by Crippen LogP contribution is 2.27. The van der Waals surface area contributed by atoms with Crippen molar-refractivity contribution in [2.75, 3.05) is 13.1 Å². The van der Waals surface area contributed by atoms with Gasteiger partial charge < -0.3 is 4.57 Å². The van der Waals surface area contributed by atoms with Gasteiger partial charge in [0.05, 0.1) is 5.69 Å². The van der Waals surface area contributed by atoms with E-state index in [1.54, 1.807) is 11.3 Å². The molecule has 3 rings (SSSR count). The molecule has 3 heterocycles. The molecule has 0 aromatic carbocycles. The van der Waals surface area contributed by atoms with E-state index in [9.17, 15) is 0 Å². The van der Waals surface area contributed by atoms with Crippen LogP contribution in [-0.4, -0.2) is 27.5 Å². The number of aryl methyl sites for hydroxylation is 2. The summed E-state index contributed by atoms with van der Waals surface area (Å²) in [5, 5.41) is 4.42. The van der Waals surface area contributed by atoms with Crippen molar-refractivity contribution in [3.63, 3.8) is 0 Å². The predicted octanol–water partition coefficient (Wildman–Crippen LogP) is 3.17. The molecule has 0 amide bonds. The molecule has 4 heteroatoms. The van der Waals surface area contributed by atoms with Crippen molar-refractivity contribution in [1.29, 1.82) is 0 Å². The summed E-state index contributed by atoms with van der Waals surface area (Å²) in [5.41, 5.74) is 2.58. The molecule has 1 atom stereocenters. The predicted molar refractivity (Wildman–Crippen MR) is 79.5 cm³/mol. The third kappa shape index (κ3) is 2.90. The van der Waals surface area contributed by atoms with Gasteiger partial charge in [0.1, 0.15) is 5.82 Å². The molecular weight excluding hydrogens is 254 g/mol. The maximum atomic E-state index is 4.70. The van der Waals surface area contributed by atoms with Gasteiger partial charge in [0.2, 0.25) is 0 Å². The topological polar surface area (TPSA) is 21.1 Å². The van der Waals surface area contributed by atoms with Crippen molar-refractivity contribution in [2.45, 2.75) is 32.2 Å². The Bertz CT molecular complexity index is 530. The Morgan fingerprint density at radius 3 is 3.05 bits per heavy atom. The zero-order chi connectivity index (χ0) is 13.2. The van der Waals surface area contributed by atoms with Crippen molar-refractivity contribution in [1.82, 2.24) is 14.5 Å². The number of nitrogens with zero attached hydrogens (tertiary/aromatic N) is 3. The van der Waals surface area contributed by atoms with Crippen LogP contribution < -0.4 is 0 Å². The van der Waals surface area contributed by atoms with Crippen molar-refractivity contribution in [3.05, 3.63) is 40.1 Å². The molecule has 0 saturated carbocycles. The number of rotatable bonds is 3. The zero-order valence-corrected chi connectivity index (χ0v) is 12.5. The van der Waals surface area contributed by atoms with E-state index in [1.807, 2.05) is 0 Å². The van der Waals surface area contributed by atoms with Crippen LogP contribution >= 0.6 is 11.3 Å². The van der Waals surface area contributed by atoms with Crippen LogP contribution in [0, 0.1) is 6.92 Å². The van der Waals surface area contributed by atoms with E-state index in [0.29, 0.717) is 5.92 Å². The first-order valence-electron chi connectivity index (χ1n) is 6.95. The van der Waals surface area contributed by atoms with E-state index in [1.165, 1.54) is 30.8 Å². The lowest BCUT2D eigenvalue weighted by molar-refractivity contribution is 0.195. The molecule has 1 aliphatic rings. The van der Waals surface area contributed by atoms with E-state index in [-0.39, 0.29) is 0 Å². The molecule has 2 aromatic heterocycles. The van der Waals surface area contributed by atoms with Gasteiger partial charge >= 0.3 is 0 Å². The van der Waals surface area contributed by atoms with Gasteiger partial charge in [0.15, 0.2) is 0 Å². The lowest BCUT2D eigenvalue weighted by atomic mass is 9.97. The molecule has 0 radical (unpaired) electrons. The minimum Gasteiger partial charge on any atom is -0.337 e. The van der Waals surface area contributed by atoms with Gasteiger partial charge in [-0.25, -0.2) is 4.98 Å². The first-order valence-corrected chi connectivity index (χ1v) is 7.90. The Morgan fingerprint density at radius 1 is 1.47 bits per heavy atom. The second-order valence-corrected chi connectivity index (χ2v) is 6.34. The molecule has 19 heavy (non-hydrogen) atoms. The van der Waals surface area contributed by atoms with Crippen LogP contribution in [0.2, 0.25) is 0 Å². The fourth-order valence-corrected chi connectivity index (χ4v) is 3.72. The summed E-state index contributed by atoms with van der Waals surface area (Å²) in [4.78, 5) is 7.27. The van der Waals surface area contributed by atoms with Gasteiger partial charge in [-0.2, -0.15) is 11.3 Å². The van der Waals surface area contributed by atoms with Crippen molar-refractivity contribution < 1.29 is 0 Å². The summed E-state index contributed by atoms with van der Waals surface area (Å²) >= 11 is 1.79. The minimum atomic E-state index is 0.589. The zero-order valence-electron chi connectivity index (χ0n) is 11.7. The Kier molecular flexibility index (Phi) is 3.71. The molecule has 102 valence electrons. The summed E-state index contributed by atoms with van der Waals surface area (Å²) in [7, 11) is 2.12. The van der Waals surface area contributed by atoms with Crippen LogP contribution in [0.1, 0.15) is 35.8 Å².